The van der Waals surface area contributed by atoms with Crippen molar-refractivity contribution >= 4 is 29.4 Å². The molecule has 4 amide bonds. The molecule has 2 rings (SSSR count). The van der Waals surface area contributed by atoms with Crippen LogP contribution in [0.25, 0.3) is 0 Å². The largest absolute Gasteiger partial charge is 0.352 e. The number of hydrogen-bond acceptors (Lipinski definition) is 3. The lowest BCUT2D eigenvalue weighted by Gasteiger charge is -2.36. The Labute approximate surface area is 145 Å². The number of primary amides is 1. The first-order valence-electron chi connectivity index (χ1n) is 7.74. The third-order valence-electron chi connectivity index (χ3n) is 3.92. The molecule has 1 aromatic rings. The summed E-state index contributed by atoms with van der Waals surface area (Å²) in [5, 5.41) is 2.97. The summed E-state index contributed by atoms with van der Waals surface area (Å²) in [6, 6.07) is 5.81. The lowest BCUT2D eigenvalue weighted by Crippen LogP contribution is -2.55. The van der Waals surface area contributed by atoms with Crippen LogP contribution in [0.4, 0.5) is 4.79 Å². The summed E-state index contributed by atoms with van der Waals surface area (Å²) in [4.78, 5) is 38.7. The average Bonchev–Trinajstić information content (AvgIpc) is 2.53. The van der Waals surface area contributed by atoms with Gasteiger partial charge in [0.25, 0.3) is 0 Å². The van der Waals surface area contributed by atoms with Crippen molar-refractivity contribution in [2.75, 3.05) is 26.2 Å². The van der Waals surface area contributed by atoms with E-state index in [0.29, 0.717) is 31.2 Å². The molecule has 1 saturated heterocycles. The summed E-state index contributed by atoms with van der Waals surface area (Å²) >= 11 is 5.93. The van der Waals surface area contributed by atoms with Gasteiger partial charge in [-0.2, -0.15) is 0 Å². The standard InChI is InChI=1S/C16H21ClN4O3/c1-11(19-16(18)24)15(23)21-7-5-20(6-8-21)14(22)10-12-3-2-4-13(17)9-12/h2-4,9,11H,5-8,10H2,1H3,(H3,18,19,24). The van der Waals surface area contributed by atoms with Gasteiger partial charge in [-0.25, -0.2) is 4.79 Å². The smallest absolute Gasteiger partial charge is 0.312 e. The van der Waals surface area contributed by atoms with E-state index in [9.17, 15) is 14.4 Å². The van der Waals surface area contributed by atoms with Crippen LogP contribution >= 0.6 is 11.6 Å². The minimum atomic E-state index is -0.730. The molecule has 130 valence electrons. The summed E-state index contributed by atoms with van der Waals surface area (Å²) in [5.74, 6) is -0.191. The number of amides is 4. The fraction of sp³-hybridized carbons (Fsp3) is 0.438. The number of nitrogens with zero attached hydrogens (tertiary/aromatic N) is 2. The fourth-order valence-corrected chi connectivity index (χ4v) is 2.87. The van der Waals surface area contributed by atoms with Gasteiger partial charge in [-0.1, -0.05) is 23.7 Å². The number of nitrogens with two attached hydrogens (primary N) is 1. The van der Waals surface area contributed by atoms with Crippen molar-refractivity contribution in [1.29, 1.82) is 0 Å². The van der Waals surface area contributed by atoms with Gasteiger partial charge in [0, 0.05) is 31.2 Å². The third kappa shape index (κ3) is 4.86. The summed E-state index contributed by atoms with van der Waals surface area (Å²) in [5.41, 5.74) is 5.89. The highest BCUT2D eigenvalue weighted by atomic mass is 35.5. The van der Waals surface area contributed by atoms with Gasteiger partial charge in [0.05, 0.1) is 6.42 Å². The van der Waals surface area contributed by atoms with E-state index in [1.54, 1.807) is 28.9 Å². The van der Waals surface area contributed by atoms with Gasteiger partial charge in [-0.05, 0) is 24.6 Å². The van der Waals surface area contributed by atoms with Crippen molar-refractivity contribution in [2.45, 2.75) is 19.4 Å². The van der Waals surface area contributed by atoms with Gasteiger partial charge in [0.15, 0.2) is 0 Å². The molecule has 0 aromatic heterocycles. The summed E-state index contributed by atoms with van der Waals surface area (Å²) in [6.45, 7) is 3.39. The zero-order valence-corrected chi connectivity index (χ0v) is 14.3. The summed E-state index contributed by atoms with van der Waals surface area (Å²) in [6.07, 6.45) is 0.286. The number of rotatable bonds is 4. The Morgan fingerprint density at radius 1 is 1.21 bits per heavy atom. The molecule has 1 atom stereocenters. The molecule has 0 bridgehead atoms. The van der Waals surface area contributed by atoms with Crippen LogP contribution in [0.5, 0.6) is 0 Å². The molecule has 1 aliphatic heterocycles. The van der Waals surface area contributed by atoms with Gasteiger partial charge in [0.2, 0.25) is 11.8 Å². The number of halogens is 1. The quantitative estimate of drug-likeness (QED) is 0.831. The molecule has 0 aliphatic carbocycles. The van der Waals surface area contributed by atoms with Crippen molar-refractivity contribution in [3.05, 3.63) is 34.9 Å². The van der Waals surface area contributed by atoms with E-state index < -0.39 is 12.1 Å². The number of nitrogens with one attached hydrogen (secondary N) is 1. The summed E-state index contributed by atoms with van der Waals surface area (Å²) < 4.78 is 0. The topological polar surface area (TPSA) is 95.7 Å². The Morgan fingerprint density at radius 3 is 2.42 bits per heavy atom. The van der Waals surface area contributed by atoms with Crippen molar-refractivity contribution in [2.24, 2.45) is 5.73 Å². The van der Waals surface area contributed by atoms with Crippen LogP contribution in [0.2, 0.25) is 5.02 Å². The zero-order valence-electron chi connectivity index (χ0n) is 13.5. The molecule has 3 N–H and O–H groups in total. The maximum absolute atomic E-state index is 12.3. The third-order valence-corrected chi connectivity index (χ3v) is 4.15. The number of urea groups is 1. The van der Waals surface area contributed by atoms with Crippen LogP contribution in [0.1, 0.15) is 12.5 Å². The van der Waals surface area contributed by atoms with Gasteiger partial charge < -0.3 is 20.9 Å². The molecular formula is C16H21ClN4O3. The molecule has 0 radical (unpaired) electrons. The minimum absolute atomic E-state index is 0.00711. The van der Waals surface area contributed by atoms with Crippen LogP contribution in [-0.2, 0) is 16.0 Å². The maximum Gasteiger partial charge on any atom is 0.312 e. The highest BCUT2D eigenvalue weighted by Crippen LogP contribution is 2.13. The number of piperazine rings is 1. The molecule has 8 heteroatoms. The molecule has 7 nitrogen and oxygen atoms in total. The average molecular weight is 353 g/mol. The molecule has 1 heterocycles. The number of carbonyl (C=O) groups excluding carboxylic acids is 3. The highest BCUT2D eigenvalue weighted by molar-refractivity contribution is 6.30. The van der Waals surface area contributed by atoms with Crippen molar-refractivity contribution in [3.63, 3.8) is 0 Å². The molecule has 24 heavy (non-hydrogen) atoms. The first kappa shape index (κ1) is 18.1. The van der Waals surface area contributed by atoms with Crippen LogP contribution in [0, 0.1) is 0 Å². The molecule has 1 unspecified atom stereocenters. The molecular weight excluding hydrogens is 332 g/mol. The first-order valence-corrected chi connectivity index (χ1v) is 8.11. The summed E-state index contributed by atoms with van der Waals surface area (Å²) in [7, 11) is 0. The minimum Gasteiger partial charge on any atom is -0.352 e. The van der Waals surface area contributed by atoms with Crippen LogP contribution in [-0.4, -0.2) is 59.9 Å². The second kappa shape index (κ2) is 8.01. The predicted molar refractivity (Wildman–Crippen MR) is 90.5 cm³/mol. The Bertz CT molecular complexity index is 630. The molecule has 0 saturated carbocycles. The highest BCUT2D eigenvalue weighted by Gasteiger charge is 2.27. The van der Waals surface area contributed by atoms with Crippen LogP contribution in [0.15, 0.2) is 24.3 Å². The lowest BCUT2D eigenvalue weighted by molar-refractivity contribution is -0.140. The molecule has 1 aliphatic rings. The van der Waals surface area contributed by atoms with Crippen molar-refractivity contribution < 1.29 is 14.4 Å². The van der Waals surface area contributed by atoms with E-state index in [4.69, 9.17) is 17.3 Å². The van der Waals surface area contributed by atoms with Gasteiger partial charge in [0.1, 0.15) is 6.04 Å². The SMILES string of the molecule is CC(NC(N)=O)C(=O)N1CCN(C(=O)Cc2cccc(Cl)c2)CC1. The molecule has 0 spiro atoms. The maximum atomic E-state index is 12.3. The van der Waals surface area contributed by atoms with E-state index in [1.165, 1.54) is 0 Å². The predicted octanol–water partition coefficient (Wildman–Crippen LogP) is 0.610. The number of hydrogen-bond donors (Lipinski definition) is 2. The second-order valence-corrected chi connectivity index (χ2v) is 6.18. The van der Waals surface area contributed by atoms with Gasteiger partial charge >= 0.3 is 6.03 Å². The Balaban J connectivity index is 1.84. The molecule has 1 aromatic carbocycles. The van der Waals surface area contributed by atoms with Crippen molar-refractivity contribution in [3.8, 4) is 0 Å². The van der Waals surface area contributed by atoms with E-state index >= 15 is 0 Å². The number of benzene rings is 1. The first-order chi connectivity index (χ1) is 11.4. The monoisotopic (exact) mass is 352 g/mol. The fourth-order valence-electron chi connectivity index (χ4n) is 2.66. The molecule has 1 fully saturated rings. The van der Waals surface area contributed by atoms with Crippen molar-refractivity contribution in [1.82, 2.24) is 15.1 Å². The van der Waals surface area contributed by atoms with Crippen LogP contribution < -0.4 is 11.1 Å². The lowest BCUT2D eigenvalue weighted by atomic mass is 10.1. The number of carbonyl (C=O) groups is 3. The van der Waals surface area contributed by atoms with E-state index in [-0.39, 0.29) is 18.2 Å². The Hall–Kier alpha value is -2.28. The van der Waals surface area contributed by atoms with Gasteiger partial charge in [-0.15, -0.1) is 0 Å². The van der Waals surface area contributed by atoms with E-state index in [0.717, 1.165) is 5.56 Å². The Morgan fingerprint density at radius 2 is 1.83 bits per heavy atom. The van der Waals surface area contributed by atoms with E-state index in [2.05, 4.69) is 5.32 Å². The normalized spacial score (nSPS) is 15.8. The second-order valence-electron chi connectivity index (χ2n) is 5.74. The Kier molecular flexibility index (Phi) is 6.03. The zero-order chi connectivity index (χ0) is 17.7. The van der Waals surface area contributed by atoms with E-state index in [1.807, 2.05) is 12.1 Å². The van der Waals surface area contributed by atoms with Gasteiger partial charge in [-0.3, -0.25) is 9.59 Å². The van der Waals surface area contributed by atoms with Crippen LogP contribution in [0.3, 0.4) is 0 Å².